The van der Waals surface area contributed by atoms with Gasteiger partial charge in [0.25, 0.3) is 5.91 Å². The van der Waals surface area contributed by atoms with Gasteiger partial charge >= 0.3 is 0 Å². The Morgan fingerprint density at radius 2 is 1.62 bits per heavy atom. The summed E-state index contributed by atoms with van der Waals surface area (Å²) in [4.78, 5) is 18.0. The first-order valence-corrected chi connectivity index (χ1v) is 10.3. The van der Waals surface area contributed by atoms with E-state index >= 15 is 0 Å². The lowest BCUT2D eigenvalue weighted by atomic mass is 9.60. The molecule has 0 radical (unpaired) electrons. The number of nitrogens with zero attached hydrogens (tertiary/aromatic N) is 1. The third kappa shape index (κ3) is 3.53. The third-order valence-corrected chi connectivity index (χ3v) is 6.63. The minimum Gasteiger partial charge on any atom is -0.352 e. The lowest BCUT2D eigenvalue weighted by Gasteiger charge is -2.27. The van der Waals surface area contributed by atoms with E-state index in [1.165, 1.54) is 27.3 Å². The molecule has 2 heterocycles. The molecular formula is C20H24B5N3O. The maximum Gasteiger partial charge on any atom is 0.252 e. The minimum absolute atomic E-state index is 0.0207. The first-order valence-electron chi connectivity index (χ1n) is 10.3. The molecule has 29 heavy (non-hydrogen) atoms. The molecule has 1 amide bonds. The van der Waals surface area contributed by atoms with Crippen molar-refractivity contribution < 1.29 is 4.79 Å². The number of nitrogens with one attached hydrogen (secondary N) is 2. The van der Waals surface area contributed by atoms with Gasteiger partial charge in [0, 0.05) is 30.9 Å². The van der Waals surface area contributed by atoms with Crippen LogP contribution in [0.15, 0.2) is 30.3 Å². The van der Waals surface area contributed by atoms with Crippen LogP contribution in [0.1, 0.15) is 10.4 Å². The molecule has 0 atom stereocenters. The highest BCUT2D eigenvalue weighted by atomic mass is 16.1. The quantitative estimate of drug-likeness (QED) is 0.446. The van der Waals surface area contributed by atoms with Crippen LogP contribution in [0.5, 0.6) is 0 Å². The van der Waals surface area contributed by atoms with Gasteiger partial charge in [0.1, 0.15) is 39.2 Å². The van der Waals surface area contributed by atoms with Crippen molar-refractivity contribution in [2.75, 3.05) is 19.6 Å². The largest absolute Gasteiger partial charge is 0.352 e. The van der Waals surface area contributed by atoms with E-state index in [0.29, 0.717) is 18.0 Å². The maximum atomic E-state index is 13.1. The molecule has 140 valence electrons. The number of fused-ring (bicyclic) bond motifs is 1. The van der Waals surface area contributed by atoms with Gasteiger partial charge in [-0.3, -0.25) is 4.79 Å². The number of rotatable bonds is 4. The van der Waals surface area contributed by atoms with Gasteiger partial charge in [0.2, 0.25) is 0 Å². The number of hydrogen-bond donors (Lipinski definition) is 2. The van der Waals surface area contributed by atoms with Crippen molar-refractivity contribution in [1.29, 1.82) is 0 Å². The van der Waals surface area contributed by atoms with Gasteiger partial charge < -0.3 is 10.6 Å². The second-order valence-electron chi connectivity index (χ2n) is 8.31. The Balaban J connectivity index is 1.86. The van der Waals surface area contributed by atoms with Crippen molar-refractivity contribution in [3.05, 3.63) is 35.9 Å². The minimum atomic E-state index is -0.0207. The standard InChI is InChI=1S/C20H24B5N3O/c21-15-14(16(22)18(24)19(25)17(15)23)13-5-11(10-3-1-2-4-12(10)28-13)20(29)27-8-9-6-26-7-9/h1-5,9,26H,6-8,21-25H2,(H,27,29). The normalized spacial score (nSPS) is 13.9. The summed E-state index contributed by atoms with van der Waals surface area (Å²) >= 11 is 0. The smallest absolute Gasteiger partial charge is 0.252 e. The summed E-state index contributed by atoms with van der Waals surface area (Å²) in [7, 11) is 10.8. The van der Waals surface area contributed by atoms with Gasteiger partial charge in [0.15, 0.2) is 0 Å². The molecule has 0 saturated carbocycles. The number of hydrogen-bond acceptors (Lipinski definition) is 3. The van der Waals surface area contributed by atoms with Crippen LogP contribution in [0.2, 0.25) is 0 Å². The summed E-state index contributed by atoms with van der Waals surface area (Å²) in [5, 5.41) is 7.28. The Morgan fingerprint density at radius 3 is 2.24 bits per heavy atom. The molecule has 2 aromatic carbocycles. The molecule has 0 spiro atoms. The number of para-hydroxylation sites is 1. The summed E-state index contributed by atoms with van der Waals surface area (Å²) in [6.45, 7) is 2.66. The average molecular weight is 376 g/mol. The number of aromatic nitrogens is 1. The van der Waals surface area contributed by atoms with Gasteiger partial charge in [-0.25, -0.2) is 4.98 Å². The Hall–Kier alpha value is -2.40. The predicted octanol–water partition coefficient (Wildman–Crippen LogP) is -5.86. The van der Waals surface area contributed by atoms with E-state index in [-0.39, 0.29) is 5.91 Å². The molecule has 1 aromatic heterocycles. The lowest BCUT2D eigenvalue weighted by molar-refractivity contribution is 0.0944. The summed E-state index contributed by atoms with van der Waals surface area (Å²) in [5.41, 5.74) is 9.97. The van der Waals surface area contributed by atoms with Crippen LogP contribution in [-0.2, 0) is 0 Å². The van der Waals surface area contributed by atoms with Crippen LogP contribution >= 0.6 is 0 Å². The Kier molecular flexibility index (Phi) is 5.35. The van der Waals surface area contributed by atoms with Crippen LogP contribution in [0.3, 0.4) is 0 Å². The number of carbonyl (C=O) groups excluding carboxylic acids is 1. The second-order valence-corrected chi connectivity index (χ2v) is 8.31. The van der Waals surface area contributed by atoms with E-state index < -0.39 is 0 Å². The zero-order chi connectivity index (χ0) is 20.7. The fourth-order valence-electron chi connectivity index (χ4n) is 4.20. The first-order chi connectivity index (χ1) is 13.9. The van der Waals surface area contributed by atoms with Crippen molar-refractivity contribution >= 4 is 83.4 Å². The van der Waals surface area contributed by atoms with Crippen molar-refractivity contribution in [3.8, 4) is 11.3 Å². The highest BCUT2D eigenvalue weighted by Crippen LogP contribution is 2.23. The maximum absolute atomic E-state index is 13.1. The molecule has 0 unspecified atom stereocenters. The van der Waals surface area contributed by atoms with Gasteiger partial charge in [-0.15, -0.1) is 16.4 Å². The summed E-state index contributed by atoms with van der Waals surface area (Å²) in [6, 6.07) is 9.89. The molecule has 3 aromatic rings. The molecule has 1 aliphatic heterocycles. The van der Waals surface area contributed by atoms with Gasteiger partial charge in [0.05, 0.1) is 16.8 Å². The van der Waals surface area contributed by atoms with Crippen molar-refractivity contribution in [2.45, 2.75) is 0 Å². The number of carbonyl (C=O) groups is 1. The number of benzene rings is 2. The first kappa shape index (κ1) is 19.9. The Labute approximate surface area is 176 Å². The van der Waals surface area contributed by atoms with E-state index in [2.05, 4.69) is 49.9 Å². The van der Waals surface area contributed by atoms with E-state index in [9.17, 15) is 4.79 Å². The van der Waals surface area contributed by atoms with Crippen molar-refractivity contribution in [3.63, 3.8) is 0 Å². The fraction of sp³-hybridized carbons (Fsp3) is 0.200. The predicted molar refractivity (Wildman–Crippen MR) is 137 cm³/mol. The molecule has 1 fully saturated rings. The Morgan fingerprint density at radius 1 is 1.00 bits per heavy atom. The number of amides is 1. The fourth-order valence-corrected chi connectivity index (χ4v) is 4.20. The molecule has 4 rings (SSSR count). The summed E-state index contributed by atoms with van der Waals surface area (Å²) < 4.78 is 0. The van der Waals surface area contributed by atoms with Gasteiger partial charge in [-0.2, -0.15) is 0 Å². The lowest BCUT2D eigenvalue weighted by Crippen LogP contribution is -2.55. The topological polar surface area (TPSA) is 54.0 Å². The molecule has 1 saturated heterocycles. The van der Waals surface area contributed by atoms with Crippen LogP contribution in [0.4, 0.5) is 0 Å². The van der Waals surface area contributed by atoms with Crippen LogP contribution < -0.4 is 37.9 Å². The van der Waals surface area contributed by atoms with Crippen molar-refractivity contribution in [1.82, 2.24) is 15.6 Å². The molecule has 1 aliphatic rings. The average Bonchev–Trinajstić information content (AvgIpc) is 2.69. The van der Waals surface area contributed by atoms with Crippen LogP contribution in [0.25, 0.3) is 22.2 Å². The third-order valence-electron chi connectivity index (χ3n) is 6.63. The monoisotopic (exact) mass is 377 g/mol. The highest BCUT2D eigenvalue weighted by Gasteiger charge is 2.21. The van der Waals surface area contributed by atoms with E-state index in [1.54, 1.807) is 0 Å². The van der Waals surface area contributed by atoms with E-state index in [0.717, 1.165) is 35.2 Å². The van der Waals surface area contributed by atoms with Crippen LogP contribution in [-0.4, -0.2) is 69.8 Å². The molecule has 2 N–H and O–H groups in total. The van der Waals surface area contributed by atoms with Crippen LogP contribution in [0, 0.1) is 5.92 Å². The highest BCUT2D eigenvalue weighted by molar-refractivity contribution is 6.68. The molecule has 0 bridgehead atoms. The van der Waals surface area contributed by atoms with E-state index in [4.69, 9.17) is 4.98 Å². The summed E-state index contributed by atoms with van der Waals surface area (Å²) in [5.74, 6) is 0.506. The zero-order valence-electron chi connectivity index (χ0n) is 17.9. The van der Waals surface area contributed by atoms with Gasteiger partial charge in [-0.05, 0) is 17.7 Å². The second kappa shape index (κ2) is 7.79. The summed E-state index contributed by atoms with van der Waals surface area (Å²) in [6.07, 6.45) is 0. The Bertz CT molecular complexity index is 1100. The number of pyridine rings is 1. The molecule has 0 aliphatic carbocycles. The SMILES string of the molecule is Bc1c(B)c(B)c(-c2cc(C(=O)NCC3CNC3)c3ccccc3n2)c(B)c1B. The van der Waals surface area contributed by atoms with Crippen molar-refractivity contribution in [2.24, 2.45) is 5.92 Å². The van der Waals surface area contributed by atoms with Gasteiger partial charge in [-0.1, -0.05) is 29.1 Å². The molecule has 9 heteroatoms. The van der Waals surface area contributed by atoms with E-state index in [1.807, 2.05) is 30.3 Å². The molecular weight excluding hydrogens is 352 g/mol. The zero-order valence-corrected chi connectivity index (χ0v) is 17.9. The molecule has 4 nitrogen and oxygen atoms in total.